The lowest BCUT2D eigenvalue weighted by molar-refractivity contribution is -0.142. The van der Waals surface area contributed by atoms with Gasteiger partial charge in [0.05, 0.1) is 20.9 Å². The van der Waals surface area contributed by atoms with Gasteiger partial charge in [-0.1, -0.05) is 23.2 Å². The zero-order valence-electron chi connectivity index (χ0n) is 10.8. The molecule has 1 aromatic rings. The van der Waals surface area contributed by atoms with Gasteiger partial charge in [0, 0.05) is 19.1 Å². The van der Waals surface area contributed by atoms with Gasteiger partial charge in [-0.3, -0.25) is 4.79 Å². The predicted octanol–water partition coefficient (Wildman–Crippen LogP) is 1.33. The molecular formula is C12H14Cl2N2O4S. The van der Waals surface area contributed by atoms with Crippen LogP contribution < -0.4 is 10.0 Å². The van der Waals surface area contributed by atoms with Gasteiger partial charge in [-0.2, -0.15) is 0 Å². The first-order valence-corrected chi connectivity index (χ1v) is 8.44. The largest absolute Gasteiger partial charge is 0.481 e. The molecule has 1 aliphatic heterocycles. The van der Waals surface area contributed by atoms with Crippen LogP contribution >= 0.6 is 23.2 Å². The van der Waals surface area contributed by atoms with E-state index in [2.05, 4.69) is 10.0 Å². The Balaban J connectivity index is 2.13. The summed E-state index contributed by atoms with van der Waals surface area (Å²) in [5.74, 6) is -1.55. The standard InChI is InChI=1S/C12H14Cl2N2O4S/c13-10-2-1-9(4-11(10)14)21(19,20)16-8-3-7(12(17)18)5-15-6-8/h1-2,4,7-8,15-16H,3,5-6H2,(H,17,18). The lowest BCUT2D eigenvalue weighted by atomic mass is 9.97. The van der Waals surface area contributed by atoms with Crippen LogP contribution in [-0.4, -0.2) is 38.6 Å². The molecule has 116 valence electrons. The molecule has 0 spiro atoms. The van der Waals surface area contributed by atoms with Crippen molar-refractivity contribution in [2.45, 2.75) is 17.4 Å². The van der Waals surface area contributed by atoms with Gasteiger partial charge in [-0.25, -0.2) is 13.1 Å². The molecule has 0 amide bonds. The Hall–Kier alpha value is -0.860. The van der Waals surface area contributed by atoms with Crippen LogP contribution in [0.3, 0.4) is 0 Å². The van der Waals surface area contributed by atoms with Crippen LogP contribution in [-0.2, 0) is 14.8 Å². The van der Waals surface area contributed by atoms with Crippen molar-refractivity contribution in [1.29, 1.82) is 0 Å². The van der Waals surface area contributed by atoms with Gasteiger partial charge in [-0.15, -0.1) is 0 Å². The second-order valence-corrected chi connectivity index (χ2v) is 7.35. The summed E-state index contributed by atoms with van der Waals surface area (Å²) < 4.78 is 27.0. The fraction of sp³-hybridized carbons (Fsp3) is 0.417. The van der Waals surface area contributed by atoms with Gasteiger partial charge in [0.2, 0.25) is 10.0 Å². The topological polar surface area (TPSA) is 95.5 Å². The lowest BCUT2D eigenvalue weighted by Crippen LogP contribution is -2.50. The summed E-state index contributed by atoms with van der Waals surface area (Å²) in [6.07, 6.45) is 0.239. The van der Waals surface area contributed by atoms with Crippen LogP contribution in [0.1, 0.15) is 6.42 Å². The quantitative estimate of drug-likeness (QED) is 0.759. The van der Waals surface area contributed by atoms with Gasteiger partial charge in [0.25, 0.3) is 0 Å². The molecule has 1 fully saturated rings. The normalized spacial score (nSPS) is 23.0. The highest BCUT2D eigenvalue weighted by Crippen LogP contribution is 2.25. The number of nitrogens with one attached hydrogen (secondary N) is 2. The average Bonchev–Trinajstić information content (AvgIpc) is 2.41. The summed E-state index contributed by atoms with van der Waals surface area (Å²) in [6, 6.07) is 3.52. The van der Waals surface area contributed by atoms with E-state index in [0.717, 1.165) is 0 Å². The van der Waals surface area contributed by atoms with Crippen molar-refractivity contribution in [2.75, 3.05) is 13.1 Å². The van der Waals surface area contributed by atoms with Gasteiger partial charge in [-0.05, 0) is 24.6 Å². The summed E-state index contributed by atoms with van der Waals surface area (Å²) in [5, 5.41) is 12.3. The van der Waals surface area contributed by atoms with Crippen molar-refractivity contribution in [3.05, 3.63) is 28.2 Å². The van der Waals surface area contributed by atoms with Crippen LogP contribution in [0.2, 0.25) is 10.0 Å². The highest BCUT2D eigenvalue weighted by Gasteiger charge is 2.30. The number of piperidine rings is 1. The van der Waals surface area contributed by atoms with Crippen molar-refractivity contribution in [3.63, 3.8) is 0 Å². The van der Waals surface area contributed by atoms with Crippen LogP contribution in [0.15, 0.2) is 23.1 Å². The molecule has 0 saturated carbocycles. The fourth-order valence-corrected chi connectivity index (χ4v) is 3.79. The zero-order chi connectivity index (χ0) is 15.6. The van der Waals surface area contributed by atoms with Gasteiger partial charge in [0.15, 0.2) is 0 Å². The number of halogens is 2. The first kappa shape index (κ1) is 16.5. The molecule has 21 heavy (non-hydrogen) atoms. The third kappa shape index (κ3) is 4.08. The molecule has 1 saturated heterocycles. The van der Waals surface area contributed by atoms with E-state index in [9.17, 15) is 13.2 Å². The second-order valence-electron chi connectivity index (χ2n) is 4.82. The Bertz CT molecular complexity index is 651. The maximum absolute atomic E-state index is 12.3. The summed E-state index contributed by atoms with van der Waals surface area (Å²) in [5.41, 5.74) is 0. The number of aliphatic carboxylic acids is 1. The molecule has 6 nitrogen and oxygen atoms in total. The number of sulfonamides is 1. The Kier molecular flexibility index (Phi) is 5.11. The number of hydrogen-bond acceptors (Lipinski definition) is 4. The molecule has 0 aliphatic carbocycles. The van der Waals surface area contributed by atoms with Gasteiger partial charge >= 0.3 is 5.97 Å². The van der Waals surface area contributed by atoms with Crippen molar-refractivity contribution in [2.24, 2.45) is 5.92 Å². The lowest BCUT2D eigenvalue weighted by Gasteiger charge is -2.28. The predicted molar refractivity (Wildman–Crippen MR) is 79.2 cm³/mol. The summed E-state index contributed by atoms with van der Waals surface area (Å²) in [4.78, 5) is 11.0. The number of hydrogen-bond donors (Lipinski definition) is 3. The second kappa shape index (κ2) is 6.50. The SMILES string of the molecule is O=C(O)C1CNCC(NS(=O)(=O)c2ccc(Cl)c(Cl)c2)C1. The third-order valence-electron chi connectivity index (χ3n) is 3.22. The monoisotopic (exact) mass is 352 g/mol. The van der Waals surface area contributed by atoms with E-state index in [-0.39, 0.29) is 21.4 Å². The molecule has 2 unspecified atom stereocenters. The molecule has 1 aliphatic rings. The Morgan fingerprint density at radius 2 is 2.00 bits per heavy atom. The highest BCUT2D eigenvalue weighted by atomic mass is 35.5. The number of carboxylic acids is 1. The maximum atomic E-state index is 12.3. The van der Waals surface area contributed by atoms with E-state index < -0.39 is 28.0 Å². The molecule has 9 heteroatoms. The average molecular weight is 353 g/mol. The van der Waals surface area contributed by atoms with Crippen molar-refractivity contribution < 1.29 is 18.3 Å². The van der Waals surface area contributed by atoms with Crippen molar-refractivity contribution >= 4 is 39.2 Å². The van der Waals surface area contributed by atoms with Crippen molar-refractivity contribution in [1.82, 2.24) is 10.0 Å². The van der Waals surface area contributed by atoms with Crippen molar-refractivity contribution in [3.8, 4) is 0 Å². The van der Waals surface area contributed by atoms with E-state index in [0.29, 0.717) is 13.1 Å². The van der Waals surface area contributed by atoms with Crippen LogP contribution in [0.4, 0.5) is 0 Å². The highest BCUT2D eigenvalue weighted by molar-refractivity contribution is 7.89. The van der Waals surface area contributed by atoms with E-state index in [4.69, 9.17) is 28.3 Å². The number of benzene rings is 1. The van der Waals surface area contributed by atoms with Crippen LogP contribution in [0.25, 0.3) is 0 Å². The summed E-state index contributed by atoms with van der Waals surface area (Å²) in [6.45, 7) is 0.713. The zero-order valence-corrected chi connectivity index (χ0v) is 13.2. The molecular weight excluding hydrogens is 339 g/mol. The van der Waals surface area contributed by atoms with E-state index in [1.54, 1.807) is 0 Å². The minimum absolute atomic E-state index is 0.00523. The summed E-state index contributed by atoms with van der Waals surface area (Å²) in [7, 11) is -3.77. The molecule has 2 atom stereocenters. The number of carbonyl (C=O) groups is 1. The maximum Gasteiger partial charge on any atom is 0.307 e. The Morgan fingerprint density at radius 1 is 1.29 bits per heavy atom. The molecule has 0 bridgehead atoms. The molecule has 2 rings (SSSR count). The summed E-state index contributed by atoms with van der Waals surface area (Å²) >= 11 is 11.6. The van der Waals surface area contributed by atoms with Crippen LogP contribution in [0.5, 0.6) is 0 Å². The molecule has 1 heterocycles. The minimum atomic E-state index is -3.77. The number of carboxylic acid groups (broad SMARTS) is 1. The Labute approximate surface area is 132 Å². The van der Waals surface area contributed by atoms with E-state index in [1.165, 1.54) is 18.2 Å². The molecule has 0 aromatic heterocycles. The number of rotatable bonds is 4. The van der Waals surface area contributed by atoms with Gasteiger partial charge < -0.3 is 10.4 Å². The smallest absolute Gasteiger partial charge is 0.307 e. The first-order valence-electron chi connectivity index (χ1n) is 6.20. The third-order valence-corrected chi connectivity index (χ3v) is 5.48. The van der Waals surface area contributed by atoms with E-state index in [1.807, 2.05) is 0 Å². The minimum Gasteiger partial charge on any atom is -0.481 e. The first-order chi connectivity index (χ1) is 9.79. The Morgan fingerprint density at radius 3 is 2.62 bits per heavy atom. The molecule has 1 aromatic carbocycles. The molecule has 3 N–H and O–H groups in total. The van der Waals surface area contributed by atoms with Crippen LogP contribution in [0, 0.1) is 5.92 Å². The van der Waals surface area contributed by atoms with E-state index >= 15 is 0 Å². The fourth-order valence-electron chi connectivity index (χ4n) is 2.15. The molecule has 0 radical (unpaired) electrons. The van der Waals surface area contributed by atoms with Gasteiger partial charge in [0.1, 0.15) is 0 Å².